The molecule has 0 saturated carbocycles. The van der Waals surface area contributed by atoms with Gasteiger partial charge < -0.3 is 11.1 Å². The Hall–Kier alpha value is -2.13. The smallest absolute Gasteiger partial charge is 0.106 e. The van der Waals surface area contributed by atoms with Crippen molar-refractivity contribution < 1.29 is 0 Å². The second-order valence-corrected chi connectivity index (χ2v) is 9.11. The highest BCUT2D eigenvalue weighted by molar-refractivity contribution is 7.80. The van der Waals surface area contributed by atoms with E-state index in [1.165, 1.54) is 53.5 Å². The van der Waals surface area contributed by atoms with E-state index in [4.69, 9.17) is 18.0 Å². The first-order valence-electron chi connectivity index (χ1n) is 11.5. The lowest BCUT2D eigenvalue weighted by molar-refractivity contribution is 0.472. The molecule has 0 saturated heterocycles. The minimum Gasteiger partial charge on any atom is -0.389 e. The Balaban J connectivity index is 1.96. The van der Waals surface area contributed by atoms with Crippen LogP contribution in [0.1, 0.15) is 74.6 Å². The lowest BCUT2D eigenvalue weighted by Gasteiger charge is -2.19. The first-order chi connectivity index (χ1) is 14.5. The summed E-state index contributed by atoms with van der Waals surface area (Å²) in [5.74, 6) is 0.713. The van der Waals surface area contributed by atoms with E-state index in [0.29, 0.717) is 10.9 Å². The molecular weight excluding hydrogens is 384 g/mol. The molecule has 30 heavy (non-hydrogen) atoms. The molecule has 1 atom stereocenters. The Labute approximate surface area is 188 Å². The van der Waals surface area contributed by atoms with Crippen molar-refractivity contribution in [2.24, 2.45) is 11.7 Å². The molecule has 2 aromatic rings. The summed E-state index contributed by atoms with van der Waals surface area (Å²) in [6.07, 6.45) is 14.1. The maximum absolute atomic E-state index is 6.16. The molecule has 3 heteroatoms. The van der Waals surface area contributed by atoms with E-state index < -0.39 is 0 Å². The van der Waals surface area contributed by atoms with Gasteiger partial charge in [0.15, 0.2) is 0 Å². The second-order valence-electron chi connectivity index (χ2n) is 8.67. The first-order valence-corrected chi connectivity index (χ1v) is 11.9. The average molecular weight is 421 g/mol. The number of hydrogen-bond acceptors (Lipinski definition) is 2. The number of hydrogen-bond donors (Lipinski definition) is 2. The highest BCUT2D eigenvalue weighted by atomic mass is 32.1. The van der Waals surface area contributed by atoms with Crippen molar-refractivity contribution in [1.82, 2.24) is 0 Å². The number of unbranched alkanes of at least 4 members (excludes halogenated alkanes) is 1. The summed E-state index contributed by atoms with van der Waals surface area (Å²) >= 11 is 5.44. The van der Waals surface area contributed by atoms with Crippen molar-refractivity contribution >= 4 is 29.0 Å². The predicted molar refractivity (Wildman–Crippen MR) is 136 cm³/mol. The molecule has 0 spiro atoms. The minimum atomic E-state index is 0.481. The molecule has 2 nitrogen and oxygen atoms in total. The van der Waals surface area contributed by atoms with E-state index in [9.17, 15) is 0 Å². The number of aryl methyl sites for hydroxylation is 2. The third kappa shape index (κ3) is 5.51. The summed E-state index contributed by atoms with van der Waals surface area (Å²) in [5, 5.41) is 3.34. The van der Waals surface area contributed by atoms with Gasteiger partial charge in [0.05, 0.1) is 0 Å². The molecule has 1 aliphatic carbocycles. The highest BCUT2D eigenvalue weighted by Crippen LogP contribution is 2.33. The lowest BCUT2D eigenvalue weighted by Crippen LogP contribution is -2.16. The zero-order valence-corrected chi connectivity index (χ0v) is 19.6. The van der Waals surface area contributed by atoms with Gasteiger partial charge in [-0.15, -0.1) is 0 Å². The zero-order chi connectivity index (χ0) is 21.5. The van der Waals surface area contributed by atoms with Gasteiger partial charge in [-0.25, -0.2) is 0 Å². The van der Waals surface area contributed by atoms with E-state index in [0.717, 1.165) is 36.9 Å². The van der Waals surface area contributed by atoms with Crippen LogP contribution in [0.15, 0.2) is 36.4 Å². The Morgan fingerprint density at radius 3 is 2.73 bits per heavy atom. The molecule has 1 unspecified atom stereocenters. The summed E-state index contributed by atoms with van der Waals surface area (Å²) < 4.78 is 0. The molecule has 160 valence electrons. The monoisotopic (exact) mass is 420 g/mol. The predicted octanol–water partition coefficient (Wildman–Crippen LogP) is 7.14. The van der Waals surface area contributed by atoms with Crippen molar-refractivity contribution in [3.8, 4) is 11.1 Å². The molecule has 0 heterocycles. The largest absolute Gasteiger partial charge is 0.389 e. The maximum Gasteiger partial charge on any atom is 0.106 e. The highest BCUT2D eigenvalue weighted by Gasteiger charge is 2.16. The Kier molecular flexibility index (Phi) is 8.09. The zero-order valence-electron chi connectivity index (χ0n) is 18.8. The maximum atomic E-state index is 6.16. The Morgan fingerprint density at radius 2 is 2.00 bits per heavy atom. The summed E-state index contributed by atoms with van der Waals surface area (Å²) in [5.41, 5.74) is 14.8. The Bertz CT molecular complexity index is 913. The van der Waals surface area contributed by atoms with Crippen LogP contribution in [0.4, 0.5) is 5.69 Å². The number of rotatable bonds is 9. The minimum absolute atomic E-state index is 0.481. The number of benzene rings is 2. The van der Waals surface area contributed by atoms with E-state index >= 15 is 0 Å². The fourth-order valence-corrected chi connectivity index (χ4v) is 4.68. The molecule has 0 fully saturated rings. The van der Waals surface area contributed by atoms with Crippen LogP contribution in [0.25, 0.3) is 17.2 Å². The fraction of sp³-hybridized carbons (Fsp3) is 0.444. The molecule has 0 radical (unpaired) electrons. The van der Waals surface area contributed by atoms with Crippen LogP contribution >= 0.6 is 12.2 Å². The van der Waals surface area contributed by atoms with Crippen LogP contribution in [-0.2, 0) is 12.8 Å². The number of fused-ring (bicyclic) bond motifs is 1. The molecular formula is C27H36N2S. The van der Waals surface area contributed by atoms with Crippen molar-refractivity contribution in [3.05, 3.63) is 58.7 Å². The number of thiocarbonyl (C=S) groups is 1. The van der Waals surface area contributed by atoms with Gasteiger partial charge >= 0.3 is 0 Å². The van der Waals surface area contributed by atoms with Crippen LogP contribution < -0.4 is 11.1 Å². The number of nitrogens with one attached hydrogen (secondary N) is 1. The van der Waals surface area contributed by atoms with E-state index in [1.54, 1.807) is 0 Å². The number of anilines is 1. The standard InChI is InChI=1S/C27H36N2S/c1-4-5-9-19(2)12-13-23-17-24(18-25(29-3)26(23)27(28)30)22-15-14-20-10-7-6-8-11-21(20)16-22/h7,10,14-19,29H,4-6,8-9,11-13H2,1-3H3,(H2,28,30). The van der Waals surface area contributed by atoms with Crippen LogP contribution in [0.5, 0.6) is 0 Å². The van der Waals surface area contributed by atoms with E-state index in [-0.39, 0.29) is 0 Å². The van der Waals surface area contributed by atoms with Crippen LogP contribution in [0.3, 0.4) is 0 Å². The normalized spacial score (nSPS) is 14.1. The van der Waals surface area contributed by atoms with Crippen LogP contribution in [0.2, 0.25) is 0 Å². The van der Waals surface area contributed by atoms with Gasteiger partial charge in [-0.05, 0) is 71.9 Å². The van der Waals surface area contributed by atoms with Gasteiger partial charge in [-0.1, -0.05) is 81.7 Å². The van der Waals surface area contributed by atoms with Gasteiger partial charge in [0.2, 0.25) is 0 Å². The van der Waals surface area contributed by atoms with Crippen molar-refractivity contribution in [2.75, 3.05) is 12.4 Å². The molecule has 0 bridgehead atoms. The van der Waals surface area contributed by atoms with Gasteiger partial charge in [-0.3, -0.25) is 0 Å². The number of allylic oxidation sites excluding steroid dienone is 1. The van der Waals surface area contributed by atoms with E-state index in [1.807, 2.05) is 7.05 Å². The first kappa shape index (κ1) is 22.6. The quantitative estimate of drug-likeness (QED) is 0.423. The van der Waals surface area contributed by atoms with Crippen LogP contribution in [-0.4, -0.2) is 12.0 Å². The molecule has 0 aromatic heterocycles. The van der Waals surface area contributed by atoms with Crippen molar-refractivity contribution in [2.45, 2.75) is 65.2 Å². The molecule has 3 rings (SSSR count). The average Bonchev–Trinajstić information content (AvgIpc) is 3.00. The van der Waals surface area contributed by atoms with Gasteiger partial charge in [-0.2, -0.15) is 0 Å². The summed E-state index contributed by atoms with van der Waals surface area (Å²) in [7, 11) is 1.95. The summed E-state index contributed by atoms with van der Waals surface area (Å²) in [6, 6.07) is 11.4. The van der Waals surface area contributed by atoms with Crippen molar-refractivity contribution in [1.29, 1.82) is 0 Å². The van der Waals surface area contributed by atoms with Crippen LogP contribution in [0, 0.1) is 5.92 Å². The molecule has 2 aromatic carbocycles. The molecule has 0 aliphatic heterocycles. The third-order valence-electron chi connectivity index (χ3n) is 6.28. The van der Waals surface area contributed by atoms with Gasteiger partial charge in [0.1, 0.15) is 4.99 Å². The summed E-state index contributed by atoms with van der Waals surface area (Å²) in [4.78, 5) is 0.481. The third-order valence-corrected chi connectivity index (χ3v) is 6.49. The van der Waals surface area contributed by atoms with E-state index in [2.05, 4.69) is 61.6 Å². The van der Waals surface area contributed by atoms with Crippen molar-refractivity contribution in [3.63, 3.8) is 0 Å². The topological polar surface area (TPSA) is 38.0 Å². The van der Waals surface area contributed by atoms with Gasteiger partial charge in [0.25, 0.3) is 0 Å². The molecule has 0 amide bonds. The molecule has 3 N–H and O–H groups in total. The number of nitrogens with two attached hydrogens (primary N) is 1. The fourth-order valence-electron chi connectivity index (χ4n) is 4.44. The van der Waals surface area contributed by atoms with Gasteiger partial charge in [0, 0.05) is 18.3 Å². The second kappa shape index (κ2) is 10.8. The lowest BCUT2D eigenvalue weighted by atomic mass is 9.90. The molecule has 1 aliphatic rings. The SMILES string of the molecule is CCCCC(C)CCc1cc(-c2ccc3c(c2)CCCC=C3)cc(NC)c1C(N)=S. The Morgan fingerprint density at radius 1 is 1.17 bits per heavy atom. The summed E-state index contributed by atoms with van der Waals surface area (Å²) in [6.45, 7) is 4.62.